The van der Waals surface area contributed by atoms with E-state index >= 15 is 0 Å². The summed E-state index contributed by atoms with van der Waals surface area (Å²) in [5.41, 5.74) is 5.56. The van der Waals surface area contributed by atoms with E-state index in [9.17, 15) is 10.1 Å². The highest BCUT2D eigenvalue weighted by atomic mass is 35.5. The molecule has 86 valence electrons. The standard InChI is InChI=1S/C10H12ClN3O2/c11-8-4-3-5-9(14(15)16)10(8)13-7-2-1-6-12/h1-5,13H,6-7,12H2/b2-1+. The maximum Gasteiger partial charge on any atom is 0.293 e. The minimum atomic E-state index is -0.471. The zero-order chi connectivity index (χ0) is 12.0. The third-order valence-electron chi connectivity index (χ3n) is 1.89. The zero-order valence-electron chi connectivity index (χ0n) is 8.52. The van der Waals surface area contributed by atoms with E-state index in [-0.39, 0.29) is 5.69 Å². The lowest BCUT2D eigenvalue weighted by atomic mass is 10.2. The van der Waals surface area contributed by atoms with Gasteiger partial charge in [0.1, 0.15) is 5.69 Å². The number of hydrogen-bond donors (Lipinski definition) is 2. The molecule has 1 rings (SSSR count). The molecular weight excluding hydrogens is 230 g/mol. The SMILES string of the molecule is NC/C=C/CNc1c(Cl)cccc1[N+](=O)[O-]. The minimum absolute atomic E-state index is 0.0337. The number of para-hydroxylation sites is 1. The summed E-state index contributed by atoms with van der Waals surface area (Å²) in [6.45, 7) is 0.883. The molecule has 0 aromatic heterocycles. The van der Waals surface area contributed by atoms with E-state index in [0.29, 0.717) is 23.8 Å². The molecule has 0 atom stereocenters. The van der Waals surface area contributed by atoms with Crippen LogP contribution in [0.2, 0.25) is 5.02 Å². The second kappa shape index (κ2) is 6.09. The maximum absolute atomic E-state index is 10.7. The molecule has 1 aromatic carbocycles. The summed E-state index contributed by atoms with van der Waals surface area (Å²) in [6, 6.07) is 4.55. The molecule has 0 aliphatic rings. The molecule has 0 radical (unpaired) electrons. The molecule has 1 aromatic rings. The second-order valence-electron chi connectivity index (χ2n) is 2.98. The predicted molar refractivity (Wildman–Crippen MR) is 64.8 cm³/mol. The van der Waals surface area contributed by atoms with Gasteiger partial charge in [-0.25, -0.2) is 0 Å². The van der Waals surface area contributed by atoms with Crippen LogP contribution in [0.25, 0.3) is 0 Å². The highest BCUT2D eigenvalue weighted by Gasteiger charge is 2.15. The quantitative estimate of drug-likeness (QED) is 0.470. The fourth-order valence-corrected chi connectivity index (χ4v) is 1.42. The Balaban J connectivity index is 2.84. The number of nitro benzene ring substituents is 1. The number of anilines is 1. The molecule has 0 saturated heterocycles. The minimum Gasteiger partial charge on any atom is -0.375 e. The Morgan fingerprint density at radius 2 is 2.25 bits per heavy atom. The molecule has 0 heterocycles. The molecular formula is C10H12ClN3O2. The van der Waals surface area contributed by atoms with Crippen molar-refractivity contribution in [1.29, 1.82) is 0 Å². The van der Waals surface area contributed by atoms with Crippen LogP contribution in [-0.2, 0) is 0 Å². The first kappa shape index (κ1) is 12.5. The Morgan fingerprint density at radius 1 is 1.50 bits per heavy atom. The maximum atomic E-state index is 10.7. The van der Waals surface area contributed by atoms with E-state index in [1.165, 1.54) is 6.07 Å². The largest absolute Gasteiger partial charge is 0.375 e. The third-order valence-corrected chi connectivity index (χ3v) is 2.20. The van der Waals surface area contributed by atoms with Crippen molar-refractivity contribution >= 4 is 23.0 Å². The van der Waals surface area contributed by atoms with Gasteiger partial charge in [0.2, 0.25) is 0 Å². The lowest BCUT2D eigenvalue weighted by Crippen LogP contribution is -2.03. The monoisotopic (exact) mass is 241 g/mol. The molecule has 0 aliphatic carbocycles. The van der Waals surface area contributed by atoms with E-state index in [2.05, 4.69) is 5.32 Å². The van der Waals surface area contributed by atoms with Gasteiger partial charge in [0.15, 0.2) is 0 Å². The fraction of sp³-hybridized carbons (Fsp3) is 0.200. The first-order valence-corrected chi connectivity index (χ1v) is 5.06. The number of benzene rings is 1. The van der Waals surface area contributed by atoms with Crippen LogP contribution >= 0.6 is 11.6 Å². The van der Waals surface area contributed by atoms with E-state index in [4.69, 9.17) is 17.3 Å². The molecule has 0 aliphatic heterocycles. The van der Waals surface area contributed by atoms with E-state index < -0.39 is 4.92 Å². The Hall–Kier alpha value is -1.59. The highest BCUT2D eigenvalue weighted by Crippen LogP contribution is 2.31. The van der Waals surface area contributed by atoms with Crippen LogP contribution in [0.3, 0.4) is 0 Å². The summed E-state index contributed by atoms with van der Waals surface area (Å²) in [6.07, 6.45) is 3.54. The molecule has 0 bridgehead atoms. The Kier molecular flexibility index (Phi) is 4.75. The first-order valence-electron chi connectivity index (χ1n) is 4.68. The van der Waals surface area contributed by atoms with Gasteiger partial charge in [0.25, 0.3) is 5.69 Å². The Labute approximate surface area is 98.0 Å². The number of nitrogens with one attached hydrogen (secondary N) is 1. The normalized spacial score (nSPS) is 10.6. The van der Waals surface area contributed by atoms with E-state index in [1.807, 2.05) is 0 Å². The van der Waals surface area contributed by atoms with Gasteiger partial charge < -0.3 is 11.1 Å². The molecule has 0 spiro atoms. The molecule has 0 saturated carbocycles. The van der Waals surface area contributed by atoms with Gasteiger partial charge in [-0.05, 0) is 6.07 Å². The van der Waals surface area contributed by atoms with Crippen molar-refractivity contribution in [2.45, 2.75) is 0 Å². The lowest BCUT2D eigenvalue weighted by Gasteiger charge is -2.06. The number of rotatable bonds is 5. The number of nitro groups is 1. The summed E-state index contributed by atoms with van der Waals surface area (Å²) < 4.78 is 0. The first-order chi connectivity index (χ1) is 7.66. The van der Waals surface area contributed by atoms with Crippen molar-refractivity contribution in [2.24, 2.45) is 5.73 Å². The molecule has 0 unspecified atom stereocenters. The van der Waals surface area contributed by atoms with Gasteiger partial charge in [-0.15, -0.1) is 0 Å². The number of halogens is 1. The lowest BCUT2D eigenvalue weighted by molar-refractivity contribution is -0.383. The third kappa shape index (κ3) is 3.22. The fourth-order valence-electron chi connectivity index (χ4n) is 1.18. The molecule has 0 fully saturated rings. The van der Waals surface area contributed by atoms with Gasteiger partial charge in [-0.1, -0.05) is 29.8 Å². The van der Waals surface area contributed by atoms with Crippen molar-refractivity contribution in [2.75, 3.05) is 18.4 Å². The molecule has 5 nitrogen and oxygen atoms in total. The number of nitrogens with zero attached hydrogens (tertiary/aromatic N) is 1. The topological polar surface area (TPSA) is 81.2 Å². The van der Waals surface area contributed by atoms with Crippen molar-refractivity contribution in [1.82, 2.24) is 0 Å². The number of hydrogen-bond acceptors (Lipinski definition) is 4. The summed E-state index contributed by atoms with van der Waals surface area (Å²) in [5, 5.41) is 13.9. The van der Waals surface area contributed by atoms with Crippen LogP contribution in [0.4, 0.5) is 11.4 Å². The average molecular weight is 242 g/mol. The van der Waals surface area contributed by atoms with Crippen molar-refractivity contribution in [3.63, 3.8) is 0 Å². The second-order valence-corrected chi connectivity index (χ2v) is 3.39. The van der Waals surface area contributed by atoms with Crippen molar-refractivity contribution < 1.29 is 4.92 Å². The van der Waals surface area contributed by atoms with Crippen LogP contribution in [-0.4, -0.2) is 18.0 Å². The van der Waals surface area contributed by atoms with Crippen LogP contribution in [0.1, 0.15) is 0 Å². The summed E-state index contributed by atoms with van der Waals surface area (Å²) >= 11 is 5.87. The van der Waals surface area contributed by atoms with Crippen LogP contribution in [0, 0.1) is 10.1 Å². The Bertz CT molecular complexity index is 407. The van der Waals surface area contributed by atoms with Gasteiger partial charge in [-0.2, -0.15) is 0 Å². The highest BCUT2D eigenvalue weighted by molar-refractivity contribution is 6.33. The molecule has 6 heteroatoms. The van der Waals surface area contributed by atoms with Gasteiger partial charge in [0.05, 0.1) is 9.95 Å². The summed E-state index contributed by atoms with van der Waals surface area (Å²) in [4.78, 5) is 10.3. The molecule has 0 amide bonds. The smallest absolute Gasteiger partial charge is 0.293 e. The summed E-state index contributed by atoms with van der Waals surface area (Å²) in [5.74, 6) is 0. The van der Waals surface area contributed by atoms with Gasteiger partial charge >= 0.3 is 0 Å². The molecule has 16 heavy (non-hydrogen) atoms. The van der Waals surface area contributed by atoms with Crippen molar-refractivity contribution in [3.8, 4) is 0 Å². The summed E-state index contributed by atoms with van der Waals surface area (Å²) in [7, 11) is 0. The van der Waals surface area contributed by atoms with E-state index in [0.717, 1.165) is 0 Å². The van der Waals surface area contributed by atoms with Crippen LogP contribution < -0.4 is 11.1 Å². The Morgan fingerprint density at radius 3 is 2.88 bits per heavy atom. The van der Waals surface area contributed by atoms with Crippen molar-refractivity contribution in [3.05, 3.63) is 45.5 Å². The zero-order valence-corrected chi connectivity index (χ0v) is 9.28. The van der Waals surface area contributed by atoms with Gasteiger partial charge in [-0.3, -0.25) is 10.1 Å². The average Bonchev–Trinajstić information content (AvgIpc) is 2.25. The van der Waals surface area contributed by atoms with E-state index in [1.54, 1.807) is 24.3 Å². The number of nitrogens with two attached hydrogens (primary N) is 1. The van der Waals surface area contributed by atoms with Crippen LogP contribution in [0.5, 0.6) is 0 Å². The predicted octanol–water partition coefficient (Wildman–Crippen LogP) is 2.17. The van der Waals surface area contributed by atoms with Crippen LogP contribution in [0.15, 0.2) is 30.4 Å². The molecule has 3 N–H and O–H groups in total. The van der Waals surface area contributed by atoms with Gasteiger partial charge in [0, 0.05) is 19.2 Å².